The van der Waals surface area contributed by atoms with Crippen LogP contribution in [0.2, 0.25) is 0 Å². The molecule has 4 amide bonds. The number of amides is 4. The molecule has 5 unspecified atom stereocenters. The molecule has 0 heterocycles. The van der Waals surface area contributed by atoms with Gasteiger partial charge in [0.15, 0.2) is 6.04 Å². The maximum atomic E-state index is 12.7. The van der Waals surface area contributed by atoms with Crippen molar-refractivity contribution >= 4 is 35.6 Å². The molecular weight excluding hydrogens is 442 g/mol. The average Bonchev–Trinajstić information content (AvgIpc) is 2.67. The predicted octanol–water partition coefficient (Wildman–Crippen LogP) is -2.98. The highest BCUT2D eigenvalue weighted by molar-refractivity contribution is 5.95. The van der Waals surface area contributed by atoms with Crippen LogP contribution in [0.4, 0.5) is 0 Å². The second-order valence-corrected chi connectivity index (χ2v) is 8.03. The molecule has 10 N–H and O–H groups in total. The Morgan fingerprint density at radius 3 is 1.79 bits per heavy atom. The van der Waals surface area contributed by atoms with Gasteiger partial charge >= 0.3 is 11.9 Å². The number of rotatable bonds is 15. The first kappa shape index (κ1) is 29.7. The molecule has 0 saturated carbocycles. The van der Waals surface area contributed by atoms with Crippen molar-refractivity contribution in [3.8, 4) is 0 Å². The fourth-order valence-corrected chi connectivity index (χ4v) is 2.71. The van der Waals surface area contributed by atoms with E-state index in [0.717, 1.165) is 6.92 Å². The molecule has 0 radical (unpaired) electrons. The van der Waals surface area contributed by atoms with Crippen molar-refractivity contribution in [2.75, 3.05) is 0 Å². The van der Waals surface area contributed by atoms with Crippen LogP contribution in [-0.2, 0) is 28.8 Å². The van der Waals surface area contributed by atoms with Gasteiger partial charge in [-0.15, -0.1) is 0 Å². The fraction of sp³-hybridized carbons (Fsp3) is 0.684. The molecule has 33 heavy (non-hydrogen) atoms. The Morgan fingerprint density at radius 1 is 0.848 bits per heavy atom. The largest absolute Gasteiger partial charge is 0.481 e. The molecule has 0 saturated heterocycles. The number of carbonyl (C=O) groups excluding carboxylic acids is 4. The number of hydrogen-bond donors (Lipinski definition) is 8. The van der Waals surface area contributed by atoms with Gasteiger partial charge in [0.2, 0.25) is 23.6 Å². The van der Waals surface area contributed by atoms with Gasteiger partial charge in [0.1, 0.15) is 12.1 Å². The molecule has 0 aliphatic heterocycles. The van der Waals surface area contributed by atoms with Crippen LogP contribution in [0.25, 0.3) is 0 Å². The van der Waals surface area contributed by atoms with Gasteiger partial charge in [-0.05, 0) is 25.7 Å². The normalized spacial score (nSPS) is 15.5. The molecule has 0 spiro atoms. The first-order valence-electron chi connectivity index (χ1n) is 10.2. The van der Waals surface area contributed by atoms with E-state index in [2.05, 4.69) is 16.0 Å². The van der Waals surface area contributed by atoms with Gasteiger partial charge in [-0.25, -0.2) is 4.79 Å². The fourth-order valence-electron chi connectivity index (χ4n) is 2.71. The summed E-state index contributed by atoms with van der Waals surface area (Å²) in [5.74, 6) is -6.59. The van der Waals surface area contributed by atoms with Gasteiger partial charge in [-0.1, -0.05) is 13.8 Å². The third kappa shape index (κ3) is 11.8. The topological polar surface area (TPSA) is 251 Å². The summed E-state index contributed by atoms with van der Waals surface area (Å²) in [5, 5.41) is 34.4. The molecule has 0 fully saturated rings. The minimum atomic E-state index is -1.64. The van der Waals surface area contributed by atoms with Crippen molar-refractivity contribution < 1.29 is 44.1 Å². The number of nitrogens with one attached hydrogen (secondary N) is 3. The van der Waals surface area contributed by atoms with E-state index >= 15 is 0 Å². The summed E-state index contributed by atoms with van der Waals surface area (Å²) in [5.41, 5.74) is 10.6. The Kier molecular flexibility index (Phi) is 12.6. The monoisotopic (exact) mass is 475 g/mol. The number of nitrogens with two attached hydrogens (primary N) is 2. The Labute approximate surface area is 190 Å². The predicted molar refractivity (Wildman–Crippen MR) is 113 cm³/mol. The Hall–Kier alpha value is -3.26. The Bertz CT molecular complexity index is 741. The molecule has 0 aromatic carbocycles. The van der Waals surface area contributed by atoms with E-state index in [1.807, 2.05) is 0 Å². The number of aliphatic hydroxyl groups is 1. The lowest BCUT2D eigenvalue weighted by molar-refractivity contribution is -0.145. The zero-order valence-electron chi connectivity index (χ0n) is 18.7. The second-order valence-electron chi connectivity index (χ2n) is 8.03. The van der Waals surface area contributed by atoms with Crippen LogP contribution in [0.5, 0.6) is 0 Å². The number of aliphatic carboxylic acids is 2. The van der Waals surface area contributed by atoms with Crippen LogP contribution in [-0.4, -0.2) is 81.2 Å². The van der Waals surface area contributed by atoms with Gasteiger partial charge < -0.3 is 42.7 Å². The summed E-state index contributed by atoms with van der Waals surface area (Å²) in [6.07, 6.45) is -2.54. The van der Waals surface area contributed by atoms with Crippen LogP contribution in [0.3, 0.4) is 0 Å². The average molecular weight is 475 g/mol. The van der Waals surface area contributed by atoms with E-state index in [9.17, 15) is 33.9 Å². The smallest absolute Gasteiger partial charge is 0.328 e. The van der Waals surface area contributed by atoms with Crippen LogP contribution >= 0.6 is 0 Å². The molecule has 0 bridgehead atoms. The minimum absolute atomic E-state index is 0.0512. The van der Waals surface area contributed by atoms with Crippen molar-refractivity contribution in [2.45, 2.75) is 76.7 Å². The van der Waals surface area contributed by atoms with Crippen molar-refractivity contribution in [2.24, 2.45) is 17.4 Å². The number of carbonyl (C=O) groups is 6. The van der Waals surface area contributed by atoms with Gasteiger partial charge in [-0.2, -0.15) is 0 Å². The van der Waals surface area contributed by atoms with Gasteiger partial charge in [0.05, 0.1) is 18.6 Å². The number of primary amides is 1. The number of carboxylic acids is 2. The lowest BCUT2D eigenvalue weighted by Gasteiger charge is -2.26. The van der Waals surface area contributed by atoms with Crippen LogP contribution in [0.15, 0.2) is 0 Å². The Morgan fingerprint density at radius 2 is 1.36 bits per heavy atom. The number of hydrogen-bond acceptors (Lipinski definition) is 8. The maximum absolute atomic E-state index is 12.7. The van der Waals surface area contributed by atoms with Crippen molar-refractivity contribution in [1.82, 2.24) is 16.0 Å². The highest BCUT2D eigenvalue weighted by atomic mass is 16.4. The molecule has 14 heteroatoms. The summed E-state index contributed by atoms with van der Waals surface area (Å²) in [6, 6.07) is -5.76. The molecule has 0 aromatic heterocycles. The zero-order chi connectivity index (χ0) is 25.9. The lowest BCUT2D eigenvalue weighted by Crippen LogP contribution is -2.58. The van der Waals surface area contributed by atoms with E-state index in [1.54, 1.807) is 13.8 Å². The molecule has 5 atom stereocenters. The first-order valence-corrected chi connectivity index (χ1v) is 10.2. The summed E-state index contributed by atoms with van der Waals surface area (Å²) in [6.45, 7) is 4.61. The van der Waals surface area contributed by atoms with Gasteiger partial charge in [-0.3, -0.25) is 24.0 Å². The highest BCUT2D eigenvalue weighted by Gasteiger charge is 2.33. The highest BCUT2D eigenvalue weighted by Crippen LogP contribution is 2.08. The van der Waals surface area contributed by atoms with Gasteiger partial charge in [0, 0.05) is 6.42 Å². The Balaban J connectivity index is 5.49. The number of aliphatic hydroxyl groups excluding tert-OH is 1. The summed E-state index contributed by atoms with van der Waals surface area (Å²) in [7, 11) is 0. The molecule has 0 aliphatic carbocycles. The van der Waals surface area contributed by atoms with E-state index < -0.39 is 72.3 Å². The quantitative estimate of drug-likeness (QED) is 0.119. The first-order chi connectivity index (χ1) is 15.1. The van der Waals surface area contributed by atoms with E-state index in [1.165, 1.54) is 0 Å². The van der Waals surface area contributed by atoms with Crippen LogP contribution < -0.4 is 27.4 Å². The van der Waals surface area contributed by atoms with Crippen molar-refractivity contribution in [1.29, 1.82) is 0 Å². The van der Waals surface area contributed by atoms with Gasteiger partial charge in [0.25, 0.3) is 0 Å². The van der Waals surface area contributed by atoms with E-state index in [-0.39, 0.29) is 25.2 Å². The molecular formula is C19H33N5O9. The molecule has 188 valence electrons. The third-order valence-electron chi connectivity index (χ3n) is 4.44. The molecule has 0 aromatic rings. The number of carboxylic acid groups (broad SMARTS) is 2. The zero-order valence-corrected chi connectivity index (χ0v) is 18.7. The molecule has 0 aliphatic rings. The second kappa shape index (κ2) is 14.0. The van der Waals surface area contributed by atoms with E-state index in [0.29, 0.717) is 0 Å². The van der Waals surface area contributed by atoms with Crippen LogP contribution in [0.1, 0.15) is 46.5 Å². The SMILES string of the molecule is CC(C)CC(NC(=O)C(CC(=O)O)NC(=O)C(N)CCC(N)=O)C(=O)NC(C(=O)O)C(C)O. The van der Waals surface area contributed by atoms with Crippen molar-refractivity contribution in [3.63, 3.8) is 0 Å². The van der Waals surface area contributed by atoms with E-state index in [4.69, 9.17) is 21.7 Å². The summed E-state index contributed by atoms with van der Waals surface area (Å²) < 4.78 is 0. The third-order valence-corrected chi connectivity index (χ3v) is 4.44. The molecule has 0 rings (SSSR count). The standard InChI is InChI=1S/C19H33N5O9/c1-8(2)6-11(18(31)24-15(9(3)25)19(32)33)23-17(30)12(7-14(27)28)22-16(29)10(20)4-5-13(21)26/h8-12,15,25H,4-7,20H2,1-3H3,(H2,21,26)(H,22,29)(H,23,30)(H,24,31)(H,27,28)(H,32,33). The maximum Gasteiger partial charge on any atom is 0.328 e. The van der Waals surface area contributed by atoms with Crippen LogP contribution in [0, 0.1) is 5.92 Å². The lowest BCUT2D eigenvalue weighted by atomic mass is 10.0. The summed E-state index contributed by atoms with van der Waals surface area (Å²) in [4.78, 5) is 70.8. The van der Waals surface area contributed by atoms with Crippen molar-refractivity contribution in [3.05, 3.63) is 0 Å². The minimum Gasteiger partial charge on any atom is -0.481 e. The molecule has 14 nitrogen and oxygen atoms in total. The summed E-state index contributed by atoms with van der Waals surface area (Å²) >= 11 is 0.